The Kier molecular flexibility index (Phi) is 3.82. The number of rotatable bonds is 3. The second-order valence-corrected chi connectivity index (χ2v) is 8.75. The predicted octanol–water partition coefficient (Wildman–Crippen LogP) is 2.33. The maximum absolute atomic E-state index is 12.5. The van der Waals surface area contributed by atoms with E-state index in [2.05, 4.69) is 41.4 Å². The van der Waals surface area contributed by atoms with Crippen LogP contribution in [0.2, 0.25) is 0 Å². The number of pyridine rings is 1. The first-order valence-corrected chi connectivity index (χ1v) is 10.7. The Morgan fingerprint density at radius 2 is 1.89 bits per heavy atom. The summed E-state index contributed by atoms with van der Waals surface area (Å²) in [7, 11) is -3.85. The van der Waals surface area contributed by atoms with Crippen molar-refractivity contribution in [3.05, 3.63) is 94.1 Å². The van der Waals surface area contributed by atoms with Crippen LogP contribution in [0.3, 0.4) is 0 Å². The van der Waals surface area contributed by atoms with Crippen LogP contribution in [-0.2, 0) is 16.4 Å². The molecule has 138 valence electrons. The number of benzene rings is 2. The average Bonchev–Trinajstić information content (AvgIpc) is 3.11. The van der Waals surface area contributed by atoms with Gasteiger partial charge in [0.2, 0.25) is 10.0 Å². The molecule has 5 heteroatoms. The summed E-state index contributed by atoms with van der Waals surface area (Å²) in [4.78, 5) is 4.08. The molecule has 2 aliphatic rings. The van der Waals surface area contributed by atoms with E-state index in [9.17, 15) is 8.42 Å². The van der Waals surface area contributed by atoms with Crippen molar-refractivity contribution in [3.63, 3.8) is 0 Å². The number of primary sulfonamides is 1. The normalized spacial score (nSPS) is 16.0. The molecule has 1 heterocycles. The summed E-state index contributed by atoms with van der Waals surface area (Å²) in [5.41, 5.74) is 3.61. The van der Waals surface area contributed by atoms with Crippen molar-refractivity contribution in [2.45, 2.75) is 11.7 Å². The summed E-state index contributed by atoms with van der Waals surface area (Å²) in [5.74, 6) is 0. The fourth-order valence-corrected chi connectivity index (χ4v) is 5.33. The van der Waals surface area contributed by atoms with Crippen LogP contribution in [0.25, 0.3) is 28.5 Å². The fourth-order valence-electron chi connectivity index (χ4n) is 4.25. The van der Waals surface area contributed by atoms with E-state index in [0.29, 0.717) is 11.1 Å². The van der Waals surface area contributed by atoms with E-state index in [0.717, 1.165) is 22.6 Å². The first-order valence-electron chi connectivity index (χ1n) is 9.09. The molecule has 0 saturated carbocycles. The molecule has 4 nitrogen and oxygen atoms in total. The Balaban J connectivity index is 1.81. The van der Waals surface area contributed by atoms with Gasteiger partial charge in [0.1, 0.15) is 5.25 Å². The average molecular weight is 386 g/mol. The molecule has 2 aliphatic carbocycles. The van der Waals surface area contributed by atoms with Gasteiger partial charge >= 0.3 is 0 Å². The maximum Gasteiger partial charge on any atom is 0.220 e. The molecule has 5 rings (SSSR count). The smallest absolute Gasteiger partial charge is 0.220 e. The zero-order valence-corrected chi connectivity index (χ0v) is 15.9. The highest BCUT2D eigenvalue weighted by molar-refractivity contribution is 7.89. The van der Waals surface area contributed by atoms with E-state index in [1.54, 1.807) is 24.5 Å². The van der Waals surface area contributed by atoms with Gasteiger partial charge in [0.25, 0.3) is 0 Å². The fraction of sp³-hybridized carbons (Fsp3) is 0.0870. The second kappa shape index (κ2) is 6.26. The second-order valence-electron chi connectivity index (χ2n) is 7.10. The van der Waals surface area contributed by atoms with Gasteiger partial charge in [-0.25, -0.2) is 13.6 Å². The summed E-state index contributed by atoms with van der Waals surface area (Å²) in [6.45, 7) is 0. The molecule has 2 aromatic carbocycles. The molecular formula is C23H18N2O2S. The molecule has 3 aromatic rings. The standard InChI is InChI=1S/C23H18N2O2S/c24-28(26,27)23(16-5-3-13-25-14-16)22-12-11-20-19-8-7-15-4-1-2-6-17(15)18(19)9-10-21(20)22/h1-5,7-14,23H,6H2,(H2,24,26,27). The predicted molar refractivity (Wildman–Crippen MR) is 113 cm³/mol. The lowest BCUT2D eigenvalue weighted by Crippen LogP contribution is -2.25. The van der Waals surface area contributed by atoms with Crippen LogP contribution in [0.15, 0.2) is 67.0 Å². The van der Waals surface area contributed by atoms with Gasteiger partial charge in [0, 0.05) is 12.4 Å². The monoisotopic (exact) mass is 386 g/mol. The van der Waals surface area contributed by atoms with Crippen molar-refractivity contribution in [1.29, 1.82) is 0 Å². The van der Waals surface area contributed by atoms with Gasteiger partial charge in [-0.1, -0.05) is 60.7 Å². The minimum Gasteiger partial charge on any atom is -0.264 e. The highest BCUT2D eigenvalue weighted by atomic mass is 32.2. The Morgan fingerprint density at radius 3 is 2.68 bits per heavy atom. The third kappa shape index (κ3) is 2.63. The quantitative estimate of drug-likeness (QED) is 0.751. The van der Waals surface area contributed by atoms with Gasteiger partial charge in [-0.2, -0.15) is 0 Å². The van der Waals surface area contributed by atoms with E-state index in [1.807, 2.05) is 18.2 Å². The van der Waals surface area contributed by atoms with E-state index < -0.39 is 15.3 Å². The molecule has 28 heavy (non-hydrogen) atoms. The largest absolute Gasteiger partial charge is 0.264 e. The molecule has 0 aliphatic heterocycles. The summed E-state index contributed by atoms with van der Waals surface area (Å²) in [6.07, 6.45) is 14.3. The van der Waals surface area contributed by atoms with Gasteiger partial charge in [-0.15, -0.1) is 0 Å². The molecule has 0 amide bonds. The molecule has 0 spiro atoms. The Hall–Kier alpha value is -3.02. The molecule has 0 bridgehead atoms. The van der Waals surface area contributed by atoms with Crippen molar-refractivity contribution in [2.24, 2.45) is 5.14 Å². The highest BCUT2D eigenvalue weighted by Crippen LogP contribution is 2.33. The van der Waals surface area contributed by atoms with Gasteiger partial charge in [0.15, 0.2) is 0 Å². The van der Waals surface area contributed by atoms with Gasteiger partial charge in [-0.3, -0.25) is 4.98 Å². The minimum absolute atomic E-state index is 0.572. The number of nitrogens with two attached hydrogens (primary N) is 1. The maximum atomic E-state index is 12.5. The molecule has 1 aromatic heterocycles. The van der Waals surface area contributed by atoms with Gasteiger partial charge < -0.3 is 0 Å². The van der Waals surface area contributed by atoms with E-state index in [-0.39, 0.29) is 0 Å². The van der Waals surface area contributed by atoms with Crippen molar-refractivity contribution < 1.29 is 8.42 Å². The van der Waals surface area contributed by atoms with Crippen LogP contribution in [0.1, 0.15) is 21.9 Å². The van der Waals surface area contributed by atoms with Crippen LogP contribution < -0.4 is 15.6 Å². The highest BCUT2D eigenvalue weighted by Gasteiger charge is 2.29. The Labute approximate surface area is 163 Å². The molecule has 1 atom stereocenters. The van der Waals surface area contributed by atoms with E-state index in [1.165, 1.54) is 16.2 Å². The lowest BCUT2D eigenvalue weighted by Gasteiger charge is -2.16. The first-order chi connectivity index (χ1) is 13.5. The van der Waals surface area contributed by atoms with Crippen LogP contribution >= 0.6 is 0 Å². The van der Waals surface area contributed by atoms with Gasteiger partial charge in [-0.05, 0) is 56.0 Å². The molecule has 0 fully saturated rings. The number of hydrogen-bond donors (Lipinski definition) is 1. The van der Waals surface area contributed by atoms with Crippen molar-refractivity contribution in [3.8, 4) is 0 Å². The molecule has 0 saturated heterocycles. The van der Waals surface area contributed by atoms with Crippen LogP contribution in [0.5, 0.6) is 0 Å². The molecule has 0 radical (unpaired) electrons. The van der Waals surface area contributed by atoms with Crippen molar-refractivity contribution in [2.75, 3.05) is 0 Å². The van der Waals surface area contributed by atoms with Gasteiger partial charge in [0.05, 0.1) is 0 Å². The van der Waals surface area contributed by atoms with Crippen molar-refractivity contribution in [1.82, 2.24) is 4.98 Å². The van der Waals surface area contributed by atoms with E-state index >= 15 is 0 Å². The number of sulfonamides is 1. The topological polar surface area (TPSA) is 73.1 Å². The number of nitrogens with zero attached hydrogens (tertiary/aromatic N) is 1. The Bertz CT molecular complexity index is 1400. The third-order valence-corrected chi connectivity index (χ3v) is 6.65. The molecule has 2 N–H and O–H groups in total. The zero-order valence-electron chi connectivity index (χ0n) is 15.0. The number of fused-ring (bicyclic) bond motifs is 5. The first kappa shape index (κ1) is 17.1. The summed E-state index contributed by atoms with van der Waals surface area (Å²) < 4.78 is 24.9. The SMILES string of the molecule is NS(=O)(=O)C(C1=c2ccc3c4c(ccc3c2C=C1)=CC=CC4)c1cccnc1. The van der Waals surface area contributed by atoms with Crippen LogP contribution in [-0.4, -0.2) is 13.4 Å². The third-order valence-electron chi connectivity index (χ3n) is 5.46. The molecular weight excluding hydrogens is 368 g/mol. The zero-order chi connectivity index (χ0) is 19.3. The number of allylic oxidation sites excluding steroid dienone is 3. The lowest BCUT2D eigenvalue weighted by molar-refractivity contribution is 0.593. The number of aromatic nitrogens is 1. The van der Waals surface area contributed by atoms with E-state index in [4.69, 9.17) is 5.14 Å². The van der Waals surface area contributed by atoms with Crippen LogP contribution in [0.4, 0.5) is 0 Å². The van der Waals surface area contributed by atoms with Crippen molar-refractivity contribution >= 4 is 38.5 Å². The lowest BCUT2D eigenvalue weighted by atomic mass is 9.93. The summed E-state index contributed by atoms with van der Waals surface area (Å²) in [6, 6.07) is 11.8. The van der Waals surface area contributed by atoms with Crippen LogP contribution in [0, 0.1) is 0 Å². The molecule has 1 unspecified atom stereocenters. The summed E-state index contributed by atoms with van der Waals surface area (Å²) in [5, 5.41) is 9.17. The minimum atomic E-state index is -3.85. The Morgan fingerprint density at radius 1 is 1.04 bits per heavy atom. The number of hydrogen-bond acceptors (Lipinski definition) is 3. The summed E-state index contributed by atoms with van der Waals surface area (Å²) >= 11 is 0.